The maximum Gasteiger partial charge on any atom is 0.309 e. The molecule has 178 valence electrons. The van der Waals surface area contributed by atoms with Crippen molar-refractivity contribution in [2.24, 2.45) is 0 Å². The Morgan fingerprint density at radius 1 is 1.03 bits per heavy atom. The van der Waals surface area contributed by atoms with Gasteiger partial charge in [0.05, 0.1) is 18.0 Å². The van der Waals surface area contributed by atoms with Gasteiger partial charge in [-0.1, -0.05) is 48.0 Å². The number of carbonyl (C=O) groups excluding carboxylic acids is 2. The molecule has 33 heavy (non-hydrogen) atoms. The topological polar surface area (TPSA) is 105 Å². The zero-order valence-electron chi connectivity index (χ0n) is 19.3. The van der Waals surface area contributed by atoms with Gasteiger partial charge < -0.3 is 15.4 Å². The van der Waals surface area contributed by atoms with Gasteiger partial charge >= 0.3 is 11.8 Å². The molecule has 0 aliphatic carbocycles. The lowest BCUT2D eigenvalue weighted by atomic mass is 10.1. The summed E-state index contributed by atoms with van der Waals surface area (Å²) in [6.07, 6.45) is 0.269. The van der Waals surface area contributed by atoms with E-state index in [1.807, 2.05) is 49.4 Å². The Balaban J connectivity index is 1.61. The lowest BCUT2D eigenvalue weighted by molar-refractivity contribution is -0.140. The van der Waals surface area contributed by atoms with Gasteiger partial charge in [-0.2, -0.15) is 4.31 Å². The number of sulfonamides is 1. The third kappa shape index (κ3) is 6.19. The molecule has 0 bridgehead atoms. The van der Waals surface area contributed by atoms with Gasteiger partial charge in [0.1, 0.15) is 6.23 Å². The number of amides is 2. The SMILES string of the molecule is Cc1cc(C)c(S(=O)(=O)N2CCCO[C@H]2CNC(=O)C(=O)NCCc2ccccc2)c(C)c1. The average molecular weight is 474 g/mol. The van der Waals surface area contributed by atoms with E-state index in [2.05, 4.69) is 10.6 Å². The Labute approximate surface area is 195 Å². The minimum absolute atomic E-state index is 0.117. The number of hydrogen-bond acceptors (Lipinski definition) is 5. The summed E-state index contributed by atoms with van der Waals surface area (Å²) >= 11 is 0. The molecule has 2 amide bonds. The van der Waals surface area contributed by atoms with E-state index in [1.165, 1.54) is 4.31 Å². The zero-order valence-corrected chi connectivity index (χ0v) is 20.1. The molecule has 1 aliphatic rings. The van der Waals surface area contributed by atoms with E-state index in [4.69, 9.17) is 4.74 Å². The van der Waals surface area contributed by atoms with Crippen LogP contribution in [0.3, 0.4) is 0 Å². The molecule has 2 aromatic carbocycles. The monoisotopic (exact) mass is 473 g/mol. The highest BCUT2D eigenvalue weighted by atomic mass is 32.2. The molecular formula is C24H31N3O5S. The van der Waals surface area contributed by atoms with Crippen molar-refractivity contribution in [2.75, 3.05) is 26.2 Å². The molecule has 2 N–H and O–H groups in total. The van der Waals surface area contributed by atoms with Gasteiger partial charge in [0.25, 0.3) is 0 Å². The van der Waals surface area contributed by atoms with Crippen LogP contribution in [0.4, 0.5) is 0 Å². The minimum atomic E-state index is -3.85. The lowest BCUT2D eigenvalue weighted by Gasteiger charge is -2.35. The van der Waals surface area contributed by atoms with E-state index >= 15 is 0 Å². The number of aryl methyl sites for hydroxylation is 3. The Morgan fingerprint density at radius 3 is 2.33 bits per heavy atom. The summed E-state index contributed by atoms with van der Waals surface area (Å²) in [5, 5.41) is 5.09. The molecule has 0 spiro atoms. The second-order valence-corrected chi connectivity index (χ2v) is 10.1. The van der Waals surface area contributed by atoms with Crippen molar-refractivity contribution >= 4 is 21.8 Å². The molecule has 8 nitrogen and oxygen atoms in total. The van der Waals surface area contributed by atoms with Crippen molar-refractivity contribution in [1.29, 1.82) is 0 Å². The Kier molecular flexibility index (Phi) is 8.23. The molecule has 0 radical (unpaired) electrons. The first-order chi connectivity index (χ1) is 15.7. The summed E-state index contributed by atoms with van der Waals surface area (Å²) in [5.41, 5.74) is 3.37. The van der Waals surface area contributed by atoms with Crippen LogP contribution in [0.25, 0.3) is 0 Å². The first-order valence-electron chi connectivity index (χ1n) is 11.0. The lowest BCUT2D eigenvalue weighted by Crippen LogP contribution is -2.53. The molecule has 0 unspecified atom stereocenters. The highest BCUT2D eigenvalue weighted by Crippen LogP contribution is 2.28. The molecule has 9 heteroatoms. The number of carbonyl (C=O) groups is 2. The molecule has 1 fully saturated rings. The number of nitrogens with one attached hydrogen (secondary N) is 2. The third-order valence-corrected chi connectivity index (χ3v) is 7.71. The maximum atomic E-state index is 13.5. The van der Waals surface area contributed by atoms with Gasteiger partial charge in [0.15, 0.2) is 0 Å². The van der Waals surface area contributed by atoms with Gasteiger partial charge in [0, 0.05) is 13.1 Å². The molecular weight excluding hydrogens is 442 g/mol. The van der Waals surface area contributed by atoms with Crippen molar-refractivity contribution in [2.45, 2.75) is 44.7 Å². The van der Waals surface area contributed by atoms with Crippen LogP contribution < -0.4 is 10.6 Å². The van der Waals surface area contributed by atoms with Crippen LogP contribution in [-0.2, 0) is 30.8 Å². The van der Waals surface area contributed by atoms with Crippen molar-refractivity contribution in [3.05, 3.63) is 64.7 Å². The molecule has 2 aromatic rings. The fraction of sp³-hybridized carbons (Fsp3) is 0.417. The highest BCUT2D eigenvalue weighted by Gasteiger charge is 2.36. The molecule has 1 aliphatic heterocycles. The first-order valence-corrected chi connectivity index (χ1v) is 12.5. The minimum Gasteiger partial charge on any atom is -0.360 e. The summed E-state index contributed by atoms with van der Waals surface area (Å²) in [6.45, 7) is 6.32. The van der Waals surface area contributed by atoms with Gasteiger partial charge in [-0.05, 0) is 50.3 Å². The number of ether oxygens (including phenoxy) is 1. The van der Waals surface area contributed by atoms with Gasteiger partial charge in [-0.3, -0.25) is 9.59 Å². The van der Waals surface area contributed by atoms with E-state index < -0.39 is 28.1 Å². The number of benzene rings is 2. The summed E-state index contributed by atoms with van der Waals surface area (Å²) < 4.78 is 33.9. The van der Waals surface area contributed by atoms with E-state index in [9.17, 15) is 18.0 Å². The Bertz CT molecular complexity index is 1080. The van der Waals surface area contributed by atoms with Gasteiger partial charge in [0.2, 0.25) is 10.0 Å². The molecule has 1 heterocycles. The number of rotatable bonds is 7. The van der Waals surface area contributed by atoms with E-state index in [0.29, 0.717) is 37.1 Å². The molecule has 1 atom stereocenters. The van der Waals surface area contributed by atoms with E-state index in [0.717, 1.165) is 11.1 Å². The molecule has 0 aromatic heterocycles. The zero-order chi connectivity index (χ0) is 24.0. The van der Waals surface area contributed by atoms with Crippen LogP contribution in [0.1, 0.15) is 28.7 Å². The molecule has 3 rings (SSSR count). The fourth-order valence-electron chi connectivity index (χ4n) is 4.10. The summed E-state index contributed by atoms with van der Waals surface area (Å²) in [6, 6.07) is 13.3. The van der Waals surface area contributed by atoms with Crippen molar-refractivity contribution in [3.63, 3.8) is 0 Å². The van der Waals surface area contributed by atoms with Gasteiger partial charge in [-0.15, -0.1) is 0 Å². The predicted molar refractivity (Wildman–Crippen MR) is 125 cm³/mol. The summed E-state index contributed by atoms with van der Waals surface area (Å²) in [7, 11) is -3.85. The standard InChI is InChI=1S/C24H31N3O5S/c1-17-14-18(2)22(19(3)15-17)33(30,31)27-12-7-13-32-21(27)16-26-24(29)23(28)25-11-10-20-8-5-4-6-9-20/h4-6,8-9,14-15,21H,7,10-13,16H2,1-3H3,(H,25,28)(H,26,29)/t21-/m0/s1. The van der Waals surface area contributed by atoms with Crippen LogP contribution in [0.5, 0.6) is 0 Å². The number of nitrogens with zero attached hydrogens (tertiary/aromatic N) is 1. The molecule has 1 saturated heterocycles. The normalized spacial score (nSPS) is 16.9. The predicted octanol–water partition coefficient (Wildman–Crippen LogP) is 1.82. The number of hydrogen-bond donors (Lipinski definition) is 2. The quantitative estimate of drug-likeness (QED) is 0.597. The Morgan fingerprint density at radius 2 is 1.67 bits per heavy atom. The van der Waals surface area contributed by atoms with E-state index in [1.54, 1.807) is 13.8 Å². The van der Waals surface area contributed by atoms with Crippen molar-refractivity contribution in [3.8, 4) is 0 Å². The second kappa shape index (κ2) is 10.9. The van der Waals surface area contributed by atoms with Crippen LogP contribution in [-0.4, -0.2) is 57.0 Å². The molecule has 0 saturated carbocycles. The van der Waals surface area contributed by atoms with Crippen LogP contribution in [0.2, 0.25) is 0 Å². The van der Waals surface area contributed by atoms with Crippen molar-refractivity contribution < 1.29 is 22.7 Å². The Hall–Kier alpha value is -2.75. The van der Waals surface area contributed by atoms with Crippen LogP contribution in [0.15, 0.2) is 47.4 Å². The summed E-state index contributed by atoms with van der Waals surface area (Å²) in [4.78, 5) is 24.6. The van der Waals surface area contributed by atoms with Crippen LogP contribution >= 0.6 is 0 Å². The van der Waals surface area contributed by atoms with Crippen LogP contribution in [0, 0.1) is 20.8 Å². The average Bonchev–Trinajstić information content (AvgIpc) is 2.77. The third-order valence-electron chi connectivity index (χ3n) is 5.51. The van der Waals surface area contributed by atoms with Crippen molar-refractivity contribution in [1.82, 2.24) is 14.9 Å². The highest BCUT2D eigenvalue weighted by molar-refractivity contribution is 7.89. The smallest absolute Gasteiger partial charge is 0.309 e. The largest absolute Gasteiger partial charge is 0.360 e. The van der Waals surface area contributed by atoms with E-state index in [-0.39, 0.29) is 18.0 Å². The fourth-order valence-corrected chi connectivity index (χ4v) is 6.08. The van der Waals surface area contributed by atoms with Gasteiger partial charge in [-0.25, -0.2) is 8.42 Å². The first kappa shape index (κ1) is 24.9. The summed E-state index contributed by atoms with van der Waals surface area (Å²) in [5.74, 6) is -1.58. The second-order valence-electron chi connectivity index (χ2n) is 8.22. The maximum absolute atomic E-state index is 13.5.